The Labute approximate surface area is 154 Å². The Morgan fingerprint density at radius 3 is 2.46 bits per heavy atom. The van der Waals surface area contributed by atoms with Crippen molar-refractivity contribution in [3.05, 3.63) is 59.1 Å². The van der Waals surface area contributed by atoms with Crippen molar-refractivity contribution in [2.45, 2.75) is 11.3 Å². The number of rotatable bonds is 5. The van der Waals surface area contributed by atoms with E-state index in [0.29, 0.717) is 16.1 Å². The SMILES string of the molecule is CS(=O)(=O)c1ccc(CC(=O)Nc2nnc(-c3ccccc3Cl)o2)cc1. The highest BCUT2D eigenvalue weighted by molar-refractivity contribution is 7.90. The van der Waals surface area contributed by atoms with Gasteiger partial charge in [-0.25, -0.2) is 8.42 Å². The third kappa shape index (κ3) is 4.27. The minimum atomic E-state index is -3.27. The summed E-state index contributed by atoms with van der Waals surface area (Å²) in [5.74, 6) is -0.171. The van der Waals surface area contributed by atoms with Crippen LogP contribution in [0.15, 0.2) is 57.8 Å². The minimum absolute atomic E-state index is 0.0356. The van der Waals surface area contributed by atoms with Crippen molar-refractivity contribution in [2.75, 3.05) is 11.6 Å². The molecule has 0 aliphatic carbocycles. The lowest BCUT2D eigenvalue weighted by Gasteiger charge is -2.03. The number of anilines is 1. The van der Waals surface area contributed by atoms with Gasteiger partial charge in [0.15, 0.2) is 9.84 Å². The Morgan fingerprint density at radius 2 is 1.81 bits per heavy atom. The summed E-state index contributed by atoms with van der Waals surface area (Å²) in [5, 5.41) is 10.6. The van der Waals surface area contributed by atoms with Crippen molar-refractivity contribution in [3.8, 4) is 11.5 Å². The summed E-state index contributed by atoms with van der Waals surface area (Å²) in [6.07, 6.45) is 1.16. The van der Waals surface area contributed by atoms with Gasteiger partial charge in [-0.05, 0) is 29.8 Å². The lowest BCUT2D eigenvalue weighted by molar-refractivity contribution is -0.115. The van der Waals surface area contributed by atoms with Gasteiger partial charge in [0.05, 0.1) is 21.9 Å². The fourth-order valence-electron chi connectivity index (χ4n) is 2.22. The quantitative estimate of drug-likeness (QED) is 0.717. The highest BCUT2D eigenvalue weighted by Gasteiger charge is 2.14. The number of sulfone groups is 1. The number of hydrogen-bond acceptors (Lipinski definition) is 6. The van der Waals surface area contributed by atoms with Crippen LogP contribution in [0.3, 0.4) is 0 Å². The molecule has 7 nitrogen and oxygen atoms in total. The third-order valence-corrected chi connectivity index (χ3v) is 4.95. The van der Waals surface area contributed by atoms with Gasteiger partial charge in [-0.15, -0.1) is 5.10 Å². The molecule has 0 saturated carbocycles. The molecule has 0 bridgehead atoms. The molecule has 0 spiro atoms. The van der Waals surface area contributed by atoms with E-state index >= 15 is 0 Å². The third-order valence-electron chi connectivity index (χ3n) is 3.49. The molecule has 1 heterocycles. The lowest BCUT2D eigenvalue weighted by atomic mass is 10.1. The molecule has 0 aliphatic rings. The fraction of sp³-hybridized carbons (Fsp3) is 0.118. The van der Waals surface area contributed by atoms with Crippen LogP contribution in [-0.2, 0) is 21.1 Å². The Bertz CT molecular complexity index is 1050. The van der Waals surface area contributed by atoms with Crippen LogP contribution in [0.5, 0.6) is 0 Å². The van der Waals surface area contributed by atoms with E-state index in [-0.39, 0.29) is 29.1 Å². The van der Waals surface area contributed by atoms with Crippen LogP contribution in [0, 0.1) is 0 Å². The zero-order valence-corrected chi connectivity index (χ0v) is 15.2. The van der Waals surface area contributed by atoms with Gasteiger partial charge in [0, 0.05) is 6.26 Å². The van der Waals surface area contributed by atoms with E-state index in [1.165, 1.54) is 12.1 Å². The largest absolute Gasteiger partial charge is 0.403 e. The molecule has 2 aromatic carbocycles. The van der Waals surface area contributed by atoms with Crippen LogP contribution < -0.4 is 5.32 Å². The summed E-state index contributed by atoms with van der Waals surface area (Å²) < 4.78 is 28.3. The van der Waals surface area contributed by atoms with Gasteiger partial charge in [-0.3, -0.25) is 10.1 Å². The fourth-order valence-corrected chi connectivity index (χ4v) is 3.07. The van der Waals surface area contributed by atoms with E-state index in [0.717, 1.165) is 6.26 Å². The van der Waals surface area contributed by atoms with Crippen molar-refractivity contribution in [3.63, 3.8) is 0 Å². The predicted molar refractivity (Wildman–Crippen MR) is 96.6 cm³/mol. The van der Waals surface area contributed by atoms with Crippen LogP contribution in [0.4, 0.5) is 6.01 Å². The first-order chi connectivity index (χ1) is 12.3. The van der Waals surface area contributed by atoms with Crippen molar-refractivity contribution < 1.29 is 17.6 Å². The summed E-state index contributed by atoms with van der Waals surface area (Å²) in [6, 6.07) is 13.0. The normalized spacial score (nSPS) is 11.3. The topological polar surface area (TPSA) is 102 Å². The molecule has 1 N–H and O–H groups in total. The average Bonchev–Trinajstić information content (AvgIpc) is 3.03. The van der Waals surface area contributed by atoms with E-state index in [2.05, 4.69) is 15.5 Å². The summed E-state index contributed by atoms with van der Waals surface area (Å²) in [6.45, 7) is 0. The second-order valence-corrected chi connectivity index (χ2v) is 7.96. The first-order valence-electron chi connectivity index (χ1n) is 7.50. The summed E-state index contributed by atoms with van der Waals surface area (Å²) in [7, 11) is -3.27. The lowest BCUT2D eigenvalue weighted by Crippen LogP contribution is -2.14. The molecule has 0 saturated heterocycles. The Balaban J connectivity index is 1.67. The van der Waals surface area contributed by atoms with Crippen LogP contribution in [0.2, 0.25) is 5.02 Å². The Hall–Kier alpha value is -2.71. The molecule has 1 amide bonds. The molecule has 0 aliphatic heterocycles. The van der Waals surface area contributed by atoms with Crippen LogP contribution in [0.1, 0.15) is 5.56 Å². The molecule has 26 heavy (non-hydrogen) atoms. The van der Waals surface area contributed by atoms with Gasteiger partial charge >= 0.3 is 6.01 Å². The van der Waals surface area contributed by atoms with E-state index in [1.807, 2.05) is 0 Å². The van der Waals surface area contributed by atoms with Crippen molar-refractivity contribution >= 4 is 33.4 Å². The second-order valence-electron chi connectivity index (χ2n) is 5.53. The predicted octanol–water partition coefficient (Wildman–Crippen LogP) is 2.97. The number of carbonyl (C=O) groups excluding carboxylic acids is 1. The number of halogens is 1. The number of aromatic nitrogens is 2. The smallest absolute Gasteiger partial charge is 0.322 e. The highest BCUT2D eigenvalue weighted by atomic mass is 35.5. The molecule has 9 heteroatoms. The minimum Gasteiger partial charge on any atom is -0.403 e. The van der Waals surface area contributed by atoms with Crippen molar-refractivity contribution in [2.24, 2.45) is 0 Å². The van der Waals surface area contributed by atoms with Crippen LogP contribution in [0.25, 0.3) is 11.5 Å². The average molecular weight is 392 g/mol. The maximum absolute atomic E-state index is 12.1. The second kappa shape index (κ2) is 7.27. The molecule has 1 aromatic heterocycles. The molecular weight excluding hydrogens is 378 g/mol. The van der Waals surface area contributed by atoms with E-state index in [4.69, 9.17) is 16.0 Å². The number of nitrogens with zero attached hydrogens (tertiary/aromatic N) is 2. The van der Waals surface area contributed by atoms with Gasteiger partial charge < -0.3 is 4.42 Å². The first kappa shape index (κ1) is 18.1. The van der Waals surface area contributed by atoms with Gasteiger partial charge in [0.2, 0.25) is 5.91 Å². The Morgan fingerprint density at radius 1 is 1.12 bits per heavy atom. The molecule has 0 atom stereocenters. The van der Waals surface area contributed by atoms with Gasteiger partial charge in [-0.1, -0.05) is 41.0 Å². The molecule has 134 valence electrons. The van der Waals surface area contributed by atoms with Crippen molar-refractivity contribution in [1.82, 2.24) is 10.2 Å². The van der Waals surface area contributed by atoms with Gasteiger partial charge in [0.25, 0.3) is 5.89 Å². The maximum Gasteiger partial charge on any atom is 0.322 e. The van der Waals surface area contributed by atoms with E-state index in [1.54, 1.807) is 36.4 Å². The molecule has 3 rings (SSSR count). The zero-order valence-electron chi connectivity index (χ0n) is 13.6. The highest BCUT2D eigenvalue weighted by Crippen LogP contribution is 2.27. The number of amides is 1. The number of benzene rings is 2. The standard InChI is InChI=1S/C17H14ClN3O4S/c1-26(23,24)12-8-6-11(7-9-12)10-15(22)19-17-21-20-16(25-17)13-4-2-3-5-14(13)18/h2-9H,10H2,1H3,(H,19,21,22). The number of carbonyl (C=O) groups is 1. The van der Waals surface area contributed by atoms with Crippen molar-refractivity contribution in [1.29, 1.82) is 0 Å². The van der Waals surface area contributed by atoms with Gasteiger partial charge in [0.1, 0.15) is 0 Å². The molecule has 0 fully saturated rings. The Kier molecular flexibility index (Phi) is 5.06. The van der Waals surface area contributed by atoms with Crippen LogP contribution >= 0.6 is 11.6 Å². The monoisotopic (exact) mass is 391 g/mol. The molecule has 0 radical (unpaired) electrons. The zero-order chi connectivity index (χ0) is 18.7. The summed E-state index contributed by atoms with van der Waals surface area (Å²) in [5.41, 5.74) is 1.22. The van der Waals surface area contributed by atoms with E-state index < -0.39 is 9.84 Å². The number of nitrogens with one attached hydrogen (secondary N) is 1. The maximum atomic E-state index is 12.1. The summed E-state index contributed by atoms with van der Waals surface area (Å²) >= 11 is 6.07. The molecule has 0 unspecified atom stereocenters. The molecular formula is C17H14ClN3O4S. The summed E-state index contributed by atoms with van der Waals surface area (Å²) in [4.78, 5) is 12.3. The van der Waals surface area contributed by atoms with Gasteiger partial charge in [-0.2, -0.15) is 0 Å². The first-order valence-corrected chi connectivity index (χ1v) is 9.77. The molecule has 3 aromatic rings. The van der Waals surface area contributed by atoms with Crippen LogP contribution in [-0.4, -0.2) is 30.8 Å². The number of hydrogen-bond donors (Lipinski definition) is 1. The van der Waals surface area contributed by atoms with E-state index in [9.17, 15) is 13.2 Å².